The van der Waals surface area contributed by atoms with Crippen LogP contribution in [0, 0.1) is 0 Å². The number of hydrogen-bond donors (Lipinski definition) is 0. The molecular weight excluding hydrogens is 318 g/mol. The van der Waals surface area contributed by atoms with Crippen molar-refractivity contribution in [2.75, 3.05) is 19.4 Å². The largest absolute Gasteiger partial charge is 0.370 e. The van der Waals surface area contributed by atoms with Crippen LogP contribution in [-0.2, 0) is 14.8 Å². The molecule has 1 aliphatic rings. The molecule has 0 N–H and O–H groups in total. The molecule has 0 aromatic heterocycles. The maximum Gasteiger partial charge on any atom is 0.211 e. The smallest absolute Gasteiger partial charge is 0.211 e. The van der Waals surface area contributed by atoms with Crippen molar-refractivity contribution in [2.45, 2.75) is 19.1 Å². The van der Waals surface area contributed by atoms with Gasteiger partial charge in [-0.15, -0.1) is 0 Å². The Kier molecular flexibility index (Phi) is 4.11. The highest BCUT2D eigenvalue weighted by Crippen LogP contribution is 2.30. The van der Waals surface area contributed by atoms with E-state index in [1.54, 1.807) is 0 Å². The van der Waals surface area contributed by atoms with E-state index in [2.05, 4.69) is 15.9 Å². The van der Waals surface area contributed by atoms with Crippen molar-refractivity contribution in [1.82, 2.24) is 4.31 Å². The van der Waals surface area contributed by atoms with E-state index in [4.69, 9.17) is 4.74 Å². The number of ether oxygens (including phenoxy) is 1. The molecule has 100 valence electrons. The average Bonchev–Trinajstić information content (AvgIpc) is 2.29. The molecule has 0 bridgehead atoms. The maximum atomic E-state index is 11.7. The van der Waals surface area contributed by atoms with Gasteiger partial charge in [0.2, 0.25) is 10.0 Å². The zero-order valence-electron chi connectivity index (χ0n) is 10.3. The summed E-state index contributed by atoms with van der Waals surface area (Å²) in [6, 6.07) is 7.60. The number of nitrogens with zero attached hydrogens (tertiary/aromatic N) is 1. The van der Waals surface area contributed by atoms with E-state index in [9.17, 15) is 8.42 Å². The third kappa shape index (κ3) is 2.93. The molecular formula is C12H16BrNO3S. The zero-order chi connectivity index (χ0) is 13.3. The predicted molar refractivity (Wildman–Crippen MR) is 73.8 cm³/mol. The second-order valence-corrected chi connectivity index (χ2v) is 7.31. The highest BCUT2D eigenvalue weighted by molar-refractivity contribution is 9.10. The van der Waals surface area contributed by atoms with Gasteiger partial charge < -0.3 is 4.74 Å². The van der Waals surface area contributed by atoms with E-state index in [-0.39, 0.29) is 12.1 Å². The Balaban J connectivity index is 2.26. The van der Waals surface area contributed by atoms with Crippen molar-refractivity contribution >= 4 is 26.0 Å². The fraction of sp³-hybridized carbons (Fsp3) is 0.500. The molecule has 1 saturated heterocycles. The first-order valence-corrected chi connectivity index (χ1v) is 8.37. The van der Waals surface area contributed by atoms with E-state index in [0.29, 0.717) is 13.2 Å². The average molecular weight is 334 g/mol. The summed E-state index contributed by atoms with van der Waals surface area (Å²) in [6.45, 7) is 2.73. The van der Waals surface area contributed by atoms with Crippen LogP contribution in [-0.4, -0.2) is 38.2 Å². The van der Waals surface area contributed by atoms with E-state index in [1.165, 1.54) is 10.6 Å². The lowest BCUT2D eigenvalue weighted by molar-refractivity contribution is -0.0359. The molecule has 0 radical (unpaired) electrons. The third-order valence-corrected chi connectivity index (χ3v) is 5.02. The highest BCUT2D eigenvalue weighted by atomic mass is 79.9. The SMILES string of the molecule is CC1C(c2ccc(Br)cc2)OCCN1S(C)(=O)=O. The molecule has 1 fully saturated rings. The van der Waals surface area contributed by atoms with Crippen LogP contribution in [0.3, 0.4) is 0 Å². The standard InChI is InChI=1S/C12H16BrNO3S/c1-9-12(10-3-5-11(13)6-4-10)17-8-7-14(9)18(2,15)16/h3-6,9,12H,7-8H2,1-2H3. The van der Waals surface area contributed by atoms with E-state index >= 15 is 0 Å². The molecule has 1 aliphatic heterocycles. The van der Waals surface area contributed by atoms with Crippen molar-refractivity contribution in [1.29, 1.82) is 0 Å². The lowest BCUT2D eigenvalue weighted by Crippen LogP contribution is -2.48. The van der Waals surface area contributed by atoms with Gasteiger partial charge in [0.1, 0.15) is 0 Å². The van der Waals surface area contributed by atoms with E-state index in [0.717, 1.165) is 10.0 Å². The van der Waals surface area contributed by atoms with Crippen molar-refractivity contribution in [3.8, 4) is 0 Å². The van der Waals surface area contributed by atoms with Gasteiger partial charge in [-0.2, -0.15) is 4.31 Å². The number of morpholine rings is 1. The molecule has 18 heavy (non-hydrogen) atoms. The first-order chi connectivity index (χ1) is 8.39. The highest BCUT2D eigenvalue weighted by Gasteiger charge is 2.34. The van der Waals surface area contributed by atoms with Crippen LogP contribution in [0.5, 0.6) is 0 Å². The van der Waals surface area contributed by atoms with Gasteiger partial charge in [-0.3, -0.25) is 0 Å². The van der Waals surface area contributed by atoms with Crippen LogP contribution in [0.4, 0.5) is 0 Å². The van der Waals surface area contributed by atoms with Gasteiger partial charge in [-0.1, -0.05) is 28.1 Å². The third-order valence-electron chi connectivity index (χ3n) is 3.13. The first kappa shape index (κ1) is 14.0. The molecule has 0 aliphatic carbocycles. The second-order valence-electron chi connectivity index (χ2n) is 4.46. The van der Waals surface area contributed by atoms with Gasteiger partial charge in [0.05, 0.1) is 25.0 Å². The Hall–Kier alpha value is -0.430. The van der Waals surface area contributed by atoms with Gasteiger partial charge in [0, 0.05) is 11.0 Å². The van der Waals surface area contributed by atoms with Gasteiger partial charge in [0.15, 0.2) is 0 Å². The Labute approximate surface area is 116 Å². The monoisotopic (exact) mass is 333 g/mol. The summed E-state index contributed by atoms with van der Waals surface area (Å²) >= 11 is 3.38. The van der Waals surface area contributed by atoms with Crippen molar-refractivity contribution < 1.29 is 13.2 Å². The van der Waals surface area contributed by atoms with Crippen molar-refractivity contribution in [3.05, 3.63) is 34.3 Å². The summed E-state index contributed by atoms with van der Waals surface area (Å²) in [5.41, 5.74) is 0.999. The fourth-order valence-corrected chi connectivity index (χ4v) is 3.64. The van der Waals surface area contributed by atoms with Crippen LogP contribution >= 0.6 is 15.9 Å². The van der Waals surface area contributed by atoms with Crippen molar-refractivity contribution in [3.63, 3.8) is 0 Å². The molecule has 0 saturated carbocycles. The Morgan fingerprint density at radius 3 is 2.50 bits per heavy atom. The van der Waals surface area contributed by atoms with Gasteiger partial charge in [0.25, 0.3) is 0 Å². The van der Waals surface area contributed by atoms with Gasteiger partial charge >= 0.3 is 0 Å². The molecule has 4 nitrogen and oxygen atoms in total. The summed E-state index contributed by atoms with van der Waals surface area (Å²) < 4.78 is 31.6. The summed E-state index contributed by atoms with van der Waals surface area (Å²) in [7, 11) is -3.18. The molecule has 1 aromatic carbocycles. The molecule has 6 heteroatoms. The van der Waals surface area contributed by atoms with Crippen LogP contribution in [0.25, 0.3) is 0 Å². The molecule has 2 atom stereocenters. The van der Waals surface area contributed by atoms with E-state index < -0.39 is 10.0 Å². The predicted octanol–water partition coefficient (Wildman–Crippen LogP) is 2.17. The summed E-state index contributed by atoms with van der Waals surface area (Å²) in [4.78, 5) is 0. The fourth-order valence-electron chi connectivity index (χ4n) is 2.26. The van der Waals surface area contributed by atoms with E-state index in [1.807, 2.05) is 31.2 Å². The molecule has 2 unspecified atom stereocenters. The summed E-state index contributed by atoms with van der Waals surface area (Å²) in [5.74, 6) is 0. The zero-order valence-corrected chi connectivity index (χ0v) is 12.7. The lowest BCUT2D eigenvalue weighted by Gasteiger charge is -2.37. The molecule has 0 spiro atoms. The van der Waals surface area contributed by atoms with Crippen molar-refractivity contribution in [2.24, 2.45) is 0 Å². The quantitative estimate of drug-likeness (QED) is 0.833. The van der Waals surface area contributed by atoms with Gasteiger partial charge in [-0.05, 0) is 24.6 Å². The number of hydrogen-bond acceptors (Lipinski definition) is 3. The molecule has 1 aromatic rings. The number of halogens is 1. The minimum Gasteiger partial charge on any atom is -0.370 e. The number of benzene rings is 1. The topological polar surface area (TPSA) is 46.6 Å². The summed E-state index contributed by atoms with van der Waals surface area (Å²) in [6.07, 6.45) is 1.04. The first-order valence-electron chi connectivity index (χ1n) is 5.73. The number of sulfonamides is 1. The normalized spacial score (nSPS) is 26.2. The maximum absolute atomic E-state index is 11.7. The van der Waals surface area contributed by atoms with Crippen LogP contribution in [0.1, 0.15) is 18.6 Å². The van der Waals surface area contributed by atoms with Crippen LogP contribution in [0.15, 0.2) is 28.7 Å². The molecule has 1 heterocycles. The number of rotatable bonds is 2. The van der Waals surface area contributed by atoms with Gasteiger partial charge in [-0.25, -0.2) is 8.42 Å². The minimum absolute atomic E-state index is 0.185. The Bertz CT molecular complexity index is 515. The second kappa shape index (κ2) is 5.28. The van der Waals surface area contributed by atoms with Crippen LogP contribution in [0.2, 0.25) is 0 Å². The Morgan fingerprint density at radius 1 is 1.33 bits per heavy atom. The molecule has 2 rings (SSSR count). The van der Waals surface area contributed by atoms with Crippen LogP contribution < -0.4 is 0 Å². The lowest BCUT2D eigenvalue weighted by atomic mass is 10.0. The minimum atomic E-state index is -3.18. The Morgan fingerprint density at radius 2 is 1.94 bits per heavy atom. The molecule has 0 amide bonds. The summed E-state index contributed by atoms with van der Waals surface area (Å²) in [5, 5.41) is 0.